The summed E-state index contributed by atoms with van der Waals surface area (Å²) in [5.74, 6) is 0. The molecule has 6 nitrogen and oxygen atoms in total. The van der Waals surface area contributed by atoms with Gasteiger partial charge in [0, 0.05) is 26.7 Å². The molecule has 1 atom stereocenters. The zero-order valence-electron chi connectivity index (χ0n) is 11.9. The van der Waals surface area contributed by atoms with Crippen molar-refractivity contribution in [2.45, 2.75) is 32.7 Å². The Morgan fingerprint density at radius 1 is 1.33 bits per heavy atom. The molecule has 0 saturated heterocycles. The number of ether oxygens (including phenoxy) is 1. The van der Waals surface area contributed by atoms with Crippen molar-refractivity contribution in [2.75, 3.05) is 40.4 Å². The highest BCUT2D eigenvalue weighted by molar-refractivity contribution is 7.87. The van der Waals surface area contributed by atoms with E-state index in [1.165, 1.54) is 4.31 Å². The van der Waals surface area contributed by atoms with E-state index in [0.717, 1.165) is 19.5 Å². The fraction of sp³-hybridized carbons (Fsp3) is 1.00. The van der Waals surface area contributed by atoms with Gasteiger partial charge in [-0.25, -0.2) is 0 Å². The van der Waals surface area contributed by atoms with Crippen LogP contribution >= 0.6 is 0 Å². The lowest BCUT2D eigenvalue weighted by atomic mass is 10.3. The number of nitrogens with zero attached hydrogens (tertiary/aromatic N) is 1. The molecule has 0 bridgehead atoms. The van der Waals surface area contributed by atoms with Crippen LogP contribution in [0.15, 0.2) is 0 Å². The van der Waals surface area contributed by atoms with Gasteiger partial charge in [-0.1, -0.05) is 13.8 Å². The minimum absolute atomic E-state index is 0.170. The first-order chi connectivity index (χ1) is 8.47. The second kappa shape index (κ2) is 9.69. The summed E-state index contributed by atoms with van der Waals surface area (Å²) >= 11 is 0. The van der Waals surface area contributed by atoms with Gasteiger partial charge in [0.25, 0.3) is 10.2 Å². The molecule has 0 amide bonds. The third-order valence-corrected chi connectivity index (χ3v) is 4.30. The number of hydrogen-bond donors (Lipinski definition) is 2. The van der Waals surface area contributed by atoms with Crippen LogP contribution in [0.4, 0.5) is 0 Å². The van der Waals surface area contributed by atoms with Crippen molar-refractivity contribution in [3.63, 3.8) is 0 Å². The van der Waals surface area contributed by atoms with E-state index in [1.54, 1.807) is 14.2 Å². The second-order valence-electron chi connectivity index (χ2n) is 4.21. The SMILES string of the molecule is CCNCCCN(C)S(=O)(=O)NC(CC)COC. The molecule has 0 fully saturated rings. The first-order valence-corrected chi connectivity index (χ1v) is 7.85. The predicted molar refractivity (Wildman–Crippen MR) is 73.8 cm³/mol. The molecule has 2 N–H and O–H groups in total. The summed E-state index contributed by atoms with van der Waals surface area (Å²) in [7, 11) is -0.248. The van der Waals surface area contributed by atoms with E-state index in [4.69, 9.17) is 4.74 Å². The summed E-state index contributed by atoms with van der Waals surface area (Å²) in [5.41, 5.74) is 0. The van der Waals surface area contributed by atoms with Crippen molar-refractivity contribution < 1.29 is 13.2 Å². The van der Waals surface area contributed by atoms with Gasteiger partial charge in [-0.05, 0) is 25.9 Å². The Hall–Kier alpha value is -0.210. The topological polar surface area (TPSA) is 70.7 Å². The number of hydrogen-bond acceptors (Lipinski definition) is 4. The lowest BCUT2D eigenvalue weighted by molar-refractivity contribution is 0.172. The van der Waals surface area contributed by atoms with Gasteiger partial charge in [-0.3, -0.25) is 0 Å². The minimum Gasteiger partial charge on any atom is -0.383 e. The smallest absolute Gasteiger partial charge is 0.279 e. The van der Waals surface area contributed by atoms with Crippen LogP contribution in [0.1, 0.15) is 26.7 Å². The lowest BCUT2D eigenvalue weighted by Crippen LogP contribution is -2.45. The standard InChI is InChI=1S/C11H27N3O3S/c1-5-11(10-17-4)13-18(15,16)14(3)9-7-8-12-6-2/h11-13H,5-10H2,1-4H3. The summed E-state index contributed by atoms with van der Waals surface area (Å²) in [4.78, 5) is 0. The van der Waals surface area contributed by atoms with Gasteiger partial charge in [-0.2, -0.15) is 17.4 Å². The van der Waals surface area contributed by atoms with Gasteiger partial charge >= 0.3 is 0 Å². The van der Waals surface area contributed by atoms with E-state index >= 15 is 0 Å². The van der Waals surface area contributed by atoms with E-state index in [9.17, 15) is 8.42 Å². The van der Waals surface area contributed by atoms with Crippen LogP contribution in [0.2, 0.25) is 0 Å². The molecule has 0 aromatic carbocycles. The Morgan fingerprint density at radius 3 is 2.50 bits per heavy atom. The second-order valence-corrected chi connectivity index (χ2v) is 6.02. The summed E-state index contributed by atoms with van der Waals surface area (Å²) < 4.78 is 32.9. The monoisotopic (exact) mass is 281 g/mol. The van der Waals surface area contributed by atoms with E-state index in [1.807, 2.05) is 13.8 Å². The van der Waals surface area contributed by atoms with Gasteiger partial charge in [0.1, 0.15) is 0 Å². The largest absolute Gasteiger partial charge is 0.383 e. The van der Waals surface area contributed by atoms with Crippen molar-refractivity contribution in [3.8, 4) is 0 Å². The number of methoxy groups -OCH3 is 1. The molecule has 18 heavy (non-hydrogen) atoms. The average Bonchev–Trinajstić information content (AvgIpc) is 2.33. The van der Waals surface area contributed by atoms with Crippen molar-refractivity contribution in [1.82, 2.24) is 14.3 Å². The van der Waals surface area contributed by atoms with Gasteiger partial charge in [0.2, 0.25) is 0 Å². The van der Waals surface area contributed by atoms with Crippen LogP contribution in [-0.2, 0) is 14.9 Å². The Balaban J connectivity index is 4.17. The predicted octanol–water partition coefficient (Wildman–Crippen LogP) is 0.177. The Morgan fingerprint density at radius 2 is 2.00 bits per heavy atom. The van der Waals surface area contributed by atoms with Crippen LogP contribution < -0.4 is 10.0 Å². The molecule has 0 rings (SSSR count). The quantitative estimate of drug-likeness (QED) is 0.530. The highest BCUT2D eigenvalue weighted by Crippen LogP contribution is 2.00. The highest BCUT2D eigenvalue weighted by atomic mass is 32.2. The van der Waals surface area contributed by atoms with Crippen LogP contribution in [0.5, 0.6) is 0 Å². The molecule has 110 valence electrons. The maximum absolute atomic E-state index is 12.0. The molecule has 0 aliphatic carbocycles. The minimum atomic E-state index is -3.41. The zero-order valence-corrected chi connectivity index (χ0v) is 12.7. The first-order valence-electron chi connectivity index (χ1n) is 6.41. The fourth-order valence-electron chi connectivity index (χ4n) is 1.46. The molecule has 0 aromatic heterocycles. The van der Waals surface area contributed by atoms with E-state index in [0.29, 0.717) is 19.6 Å². The molecular formula is C11H27N3O3S. The van der Waals surface area contributed by atoms with Crippen molar-refractivity contribution >= 4 is 10.2 Å². The molecule has 0 saturated carbocycles. The molecule has 0 aliphatic heterocycles. The highest BCUT2D eigenvalue weighted by Gasteiger charge is 2.20. The lowest BCUT2D eigenvalue weighted by Gasteiger charge is -2.22. The van der Waals surface area contributed by atoms with Crippen molar-refractivity contribution in [3.05, 3.63) is 0 Å². The normalized spacial score (nSPS) is 14.1. The summed E-state index contributed by atoms with van der Waals surface area (Å²) in [6, 6.07) is -0.170. The number of rotatable bonds is 11. The molecule has 0 aromatic rings. The number of nitrogens with one attached hydrogen (secondary N) is 2. The average molecular weight is 281 g/mol. The van der Waals surface area contributed by atoms with Gasteiger partial charge in [-0.15, -0.1) is 0 Å². The summed E-state index contributed by atoms with van der Waals surface area (Å²) in [5, 5.41) is 3.17. The molecular weight excluding hydrogens is 254 g/mol. The van der Waals surface area contributed by atoms with Gasteiger partial charge in [0.15, 0.2) is 0 Å². The zero-order chi connectivity index (χ0) is 14.0. The van der Waals surface area contributed by atoms with E-state index in [-0.39, 0.29) is 6.04 Å². The van der Waals surface area contributed by atoms with Gasteiger partial charge in [0.05, 0.1) is 6.61 Å². The van der Waals surface area contributed by atoms with Gasteiger partial charge < -0.3 is 10.1 Å². The molecule has 0 aliphatic rings. The Kier molecular flexibility index (Phi) is 9.57. The van der Waals surface area contributed by atoms with E-state index < -0.39 is 10.2 Å². The van der Waals surface area contributed by atoms with Crippen LogP contribution in [0.25, 0.3) is 0 Å². The fourth-order valence-corrected chi connectivity index (χ4v) is 2.67. The van der Waals surface area contributed by atoms with Crippen molar-refractivity contribution in [2.24, 2.45) is 0 Å². The van der Waals surface area contributed by atoms with Crippen molar-refractivity contribution in [1.29, 1.82) is 0 Å². The molecule has 1 unspecified atom stereocenters. The molecule has 0 spiro atoms. The maximum atomic E-state index is 12.0. The molecule has 7 heteroatoms. The third kappa shape index (κ3) is 7.27. The first kappa shape index (κ1) is 17.8. The maximum Gasteiger partial charge on any atom is 0.279 e. The van der Waals surface area contributed by atoms with Crippen LogP contribution in [0.3, 0.4) is 0 Å². The molecule has 0 radical (unpaired) electrons. The Labute approximate surface area is 111 Å². The van der Waals surface area contributed by atoms with E-state index in [2.05, 4.69) is 10.0 Å². The van der Waals surface area contributed by atoms with Crippen LogP contribution in [-0.4, -0.2) is 59.2 Å². The summed E-state index contributed by atoms with van der Waals surface area (Å²) in [6.07, 6.45) is 1.50. The third-order valence-electron chi connectivity index (χ3n) is 2.66. The molecule has 0 heterocycles. The van der Waals surface area contributed by atoms with Crippen LogP contribution in [0, 0.1) is 0 Å². The summed E-state index contributed by atoms with van der Waals surface area (Å²) in [6.45, 7) is 6.58. The Bertz CT molecular complexity index is 296.